The molecule has 0 fully saturated rings. The van der Waals surface area contributed by atoms with E-state index in [-0.39, 0.29) is 12.3 Å². The Morgan fingerprint density at radius 2 is 1.86 bits per heavy atom. The topological polar surface area (TPSA) is 34.1 Å². The number of halogens is 1. The fraction of sp³-hybridized carbons (Fsp3) is 0.208. The molecular weight excluding hydrogens is 384 g/mol. The van der Waals surface area contributed by atoms with Gasteiger partial charge >= 0.3 is 0 Å². The normalized spacial score (nSPS) is 19.8. The van der Waals surface area contributed by atoms with Crippen molar-refractivity contribution < 1.29 is 9.47 Å². The molecule has 0 radical (unpaired) electrons. The van der Waals surface area contributed by atoms with E-state index in [0.717, 1.165) is 40.3 Å². The van der Waals surface area contributed by atoms with Gasteiger partial charge in [0.05, 0.1) is 18.4 Å². The van der Waals surface area contributed by atoms with Crippen LogP contribution in [0.1, 0.15) is 42.3 Å². The molecule has 0 N–H and O–H groups in total. The lowest BCUT2D eigenvalue weighted by Gasteiger charge is -2.38. The second-order valence-corrected chi connectivity index (χ2v) is 7.60. The van der Waals surface area contributed by atoms with Crippen molar-refractivity contribution in [3.05, 3.63) is 94.5 Å². The molecule has 2 aliphatic rings. The Kier molecular flexibility index (Phi) is 4.64. The Morgan fingerprint density at radius 1 is 1.07 bits per heavy atom. The summed E-state index contributed by atoms with van der Waals surface area (Å²) in [6.07, 6.45) is 0.513. The van der Waals surface area contributed by atoms with Gasteiger partial charge in [0.15, 0.2) is 0 Å². The highest BCUT2D eigenvalue weighted by Gasteiger charge is 2.41. The molecule has 29 heavy (non-hydrogen) atoms. The van der Waals surface area contributed by atoms with Crippen LogP contribution in [-0.2, 0) is 0 Å². The third-order valence-electron chi connectivity index (χ3n) is 5.34. The van der Waals surface area contributed by atoms with Gasteiger partial charge in [-0.25, -0.2) is 5.01 Å². The molecule has 5 heteroatoms. The Hall–Kier alpha value is -2.98. The van der Waals surface area contributed by atoms with Crippen LogP contribution in [0.5, 0.6) is 11.5 Å². The van der Waals surface area contributed by atoms with Crippen LogP contribution in [0.4, 0.5) is 0 Å². The van der Waals surface area contributed by atoms with E-state index in [0.29, 0.717) is 11.6 Å². The summed E-state index contributed by atoms with van der Waals surface area (Å²) < 4.78 is 12.0. The number of rotatable bonds is 4. The van der Waals surface area contributed by atoms with E-state index in [2.05, 4.69) is 17.1 Å². The molecule has 0 aliphatic carbocycles. The summed E-state index contributed by atoms with van der Waals surface area (Å²) in [6, 6.07) is 24.3. The first-order valence-electron chi connectivity index (χ1n) is 9.83. The minimum absolute atomic E-state index is 0.0872. The Morgan fingerprint density at radius 3 is 2.62 bits per heavy atom. The molecule has 5 rings (SSSR count). The van der Waals surface area contributed by atoms with Crippen LogP contribution in [0.25, 0.3) is 0 Å². The van der Waals surface area contributed by atoms with E-state index < -0.39 is 0 Å². The van der Waals surface area contributed by atoms with Crippen molar-refractivity contribution in [2.75, 3.05) is 6.61 Å². The molecule has 0 saturated heterocycles. The quantitative estimate of drug-likeness (QED) is 0.536. The van der Waals surface area contributed by atoms with Gasteiger partial charge in [0, 0.05) is 22.6 Å². The fourth-order valence-electron chi connectivity index (χ4n) is 3.98. The summed E-state index contributed by atoms with van der Waals surface area (Å²) >= 11 is 6.30. The van der Waals surface area contributed by atoms with Crippen LogP contribution >= 0.6 is 11.6 Å². The maximum atomic E-state index is 6.39. The second-order valence-electron chi connectivity index (χ2n) is 7.17. The number of hydrogen-bond donors (Lipinski definition) is 0. The lowest BCUT2D eigenvalue weighted by Crippen LogP contribution is -2.33. The predicted octanol–water partition coefficient (Wildman–Crippen LogP) is 5.98. The van der Waals surface area contributed by atoms with Gasteiger partial charge in [-0.3, -0.25) is 0 Å². The molecule has 4 nitrogen and oxygen atoms in total. The van der Waals surface area contributed by atoms with Gasteiger partial charge in [0.1, 0.15) is 11.5 Å². The number of benzene rings is 3. The minimum atomic E-state index is -0.300. The Labute approximate surface area is 175 Å². The molecule has 0 unspecified atom stereocenters. The molecule has 146 valence electrons. The fourth-order valence-corrected chi connectivity index (χ4v) is 4.16. The van der Waals surface area contributed by atoms with Crippen LogP contribution in [-0.4, -0.2) is 17.3 Å². The summed E-state index contributed by atoms with van der Waals surface area (Å²) in [5, 5.41) is 7.75. The van der Waals surface area contributed by atoms with E-state index in [1.807, 2.05) is 67.6 Å². The molecule has 2 heterocycles. The van der Waals surface area contributed by atoms with Crippen LogP contribution < -0.4 is 9.47 Å². The van der Waals surface area contributed by atoms with Gasteiger partial charge < -0.3 is 9.47 Å². The Bertz CT molecular complexity index is 1050. The third-order valence-corrected chi connectivity index (χ3v) is 5.57. The smallest absolute Gasteiger partial charge is 0.213 e. The highest BCUT2D eigenvalue weighted by molar-refractivity contribution is 6.30. The summed E-state index contributed by atoms with van der Waals surface area (Å²) in [5.41, 5.74) is 4.31. The first kappa shape index (κ1) is 18.1. The Balaban J connectivity index is 1.56. The number of nitrogens with zero attached hydrogens (tertiary/aromatic N) is 2. The van der Waals surface area contributed by atoms with Crippen LogP contribution in [0.15, 0.2) is 77.9 Å². The van der Waals surface area contributed by atoms with E-state index in [1.165, 1.54) is 0 Å². The first-order valence-corrected chi connectivity index (χ1v) is 10.2. The zero-order chi connectivity index (χ0) is 19.8. The summed E-state index contributed by atoms with van der Waals surface area (Å²) in [4.78, 5) is 0. The van der Waals surface area contributed by atoms with E-state index in [9.17, 15) is 0 Å². The largest absolute Gasteiger partial charge is 0.494 e. The molecule has 2 aliphatic heterocycles. The lowest BCUT2D eigenvalue weighted by atomic mass is 9.96. The summed E-state index contributed by atoms with van der Waals surface area (Å²) in [5.74, 6) is 1.71. The number of fused-ring (bicyclic) bond motifs is 3. The standard InChI is InChI=1S/C24H21ClN2O2/c1-2-28-19-11-8-17(9-12-19)24-27-22(20-14-18(25)10-13-23(20)29-24)15-21(26-27)16-6-4-3-5-7-16/h3-14,22,24H,2,15H2,1H3/t22-,24-/m0/s1. The van der Waals surface area contributed by atoms with Gasteiger partial charge in [-0.05, 0) is 55.0 Å². The van der Waals surface area contributed by atoms with Gasteiger partial charge in [-0.1, -0.05) is 41.9 Å². The predicted molar refractivity (Wildman–Crippen MR) is 115 cm³/mol. The molecule has 3 aromatic rings. The van der Waals surface area contributed by atoms with Crippen molar-refractivity contribution in [2.24, 2.45) is 5.10 Å². The zero-order valence-corrected chi connectivity index (χ0v) is 16.8. The SMILES string of the molecule is CCOc1ccc([C@@H]2Oc3ccc(Cl)cc3[C@@H]3CC(c4ccccc4)=NN32)cc1. The van der Waals surface area contributed by atoms with Crippen LogP contribution in [0, 0.1) is 0 Å². The van der Waals surface area contributed by atoms with Crippen LogP contribution in [0.3, 0.4) is 0 Å². The van der Waals surface area contributed by atoms with Crippen LogP contribution in [0.2, 0.25) is 5.02 Å². The number of hydrazone groups is 1. The molecule has 0 bridgehead atoms. The van der Waals surface area contributed by atoms with Gasteiger partial charge in [0.25, 0.3) is 0 Å². The van der Waals surface area contributed by atoms with Crippen molar-refractivity contribution in [3.63, 3.8) is 0 Å². The molecule has 0 spiro atoms. The molecule has 0 aromatic heterocycles. The zero-order valence-electron chi connectivity index (χ0n) is 16.1. The van der Waals surface area contributed by atoms with Crippen molar-refractivity contribution in [3.8, 4) is 11.5 Å². The molecule has 0 amide bonds. The molecule has 2 atom stereocenters. The maximum Gasteiger partial charge on any atom is 0.213 e. The molecular formula is C24H21ClN2O2. The number of ether oxygens (including phenoxy) is 2. The van der Waals surface area contributed by atoms with Crippen molar-refractivity contribution >= 4 is 17.3 Å². The van der Waals surface area contributed by atoms with Crippen molar-refractivity contribution in [1.82, 2.24) is 5.01 Å². The molecule has 3 aromatic carbocycles. The van der Waals surface area contributed by atoms with E-state index in [1.54, 1.807) is 0 Å². The van der Waals surface area contributed by atoms with Crippen molar-refractivity contribution in [2.45, 2.75) is 25.6 Å². The van der Waals surface area contributed by atoms with E-state index in [4.69, 9.17) is 26.2 Å². The lowest BCUT2D eigenvalue weighted by molar-refractivity contribution is -0.0190. The highest BCUT2D eigenvalue weighted by atomic mass is 35.5. The van der Waals surface area contributed by atoms with Gasteiger partial charge in [-0.2, -0.15) is 5.10 Å². The van der Waals surface area contributed by atoms with Gasteiger partial charge in [0.2, 0.25) is 6.23 Å². The third kappa shape index (κ3) is 3.34. The maximum absolute atomic E-state index is 6.39. The summed E-state index contributed by atoms with van der Waals surface area (Å²) in [7, 11) is 0. The number of hydrogen-bond acceptors (Lipinski definition) is 4. The average Bonchev–Trinajstić information content (AvgIpc) is 3.21. The second kappa shape index (κ2) is 7.45. The van der Waals surface area contributed by atoms with E-state index >= 15 is 0 Å². The van der Waals surface area contributed by atoms with Crippen molar-refractivity contribution in [1.29, 1.82) is 0 Å². The minimum Gasteiger partial charge on any atom is -0.494 e. The molecule has 0 saturated carbocycles. The monoisotopic (exact) mass is 404 g/mol. The average molecular weight is 405 g/mol. The van der Waals surface area contributed by atoms with Gasteiger partial charge in [-0.15, -0.1) is 0 Å². The highest BCUT2D eigenvalue weighted by Crippen LogP contribution is 2.48. The summed E-state index contributed by atoms with van der Waals surface area (Å²) in [6.45, 7) is 2.63. The first-order chi connectivity index (χ1) is 14.2.